The van der Waals surface area contributed by atoms with Crippen molar-refractivity contribution in [2.75, 3.05) is 46.9 Å². The topological polar surface area (TPSA) is 108 Å². The molecule has 2 N–H and O–H groups in total. The normalized spacial score (nSPS) is 18.7. The lowest BCUT2D eigenvalue weighted by atomic mass is 9.98. The largest absolute Gasteiger partial charge is 0.480 e. The number of aliphatic carboxylic acids is 1. The van der Waals surface area contributed by atoms with Crippen LogP contribution in [0, 0.1) is 0 Å². The lowest BCUT2D eigenvalue weighted by molar-refractivity contribution is -0.149. The average molecular weight is 482 g/mol. The number of nitrogens with zero attached hydrogens (tertiary/aromatic N) is 2. The molecule has 1 fully saturated rings. The maximum absolute atomic E-state index is 13.1. The molecule has 1 heterocycles. The Kier molecular flexibility index (Phi) is 7.67. The van der Waals surface area contributed by atoms with E-state index in [1.807, 2.05) is 55.4 Å². The van der Waals surface area contributed by atoms with Crippen LogP contribution in [-0.4, -0.2) is 92.0 Å². The number of hydrogen-bond donors (Lipinski definition) is 2. The number of rotatable bonds is 9. The van der Waals surface area contributed by atoms with Gasteiger partial charge in [0, 0.05) is 25.6 Å². The quantitative estimate of drug-likeness (QED) is 0.565. The second-order valence-corrected chi connectivity index (χ2v) is 9.11. The Hall–Kier alpha value is -3.43. The summed E-state index contributed by atoms with van der Waals surface area (Å²) in [6, 6.07) is 15.6. The minimum absolute atomic E-state index is 0.0671. The molecule has 2 aromatic rings. The first kappa shape index (κ1) is 24.7. The summed E-state index contributed by atoms with van der Waals surface area (Å²) in [7, 11) is 3.69. The fourth-order valence-electron chi connectivity index (χ4n) is 4.70. The van der Waals surface area contributed by atoms with Gasteiger partial charge in [0.25, 0.3) is 5.91 Å². The van der Waals surface area contributed by atoms with Crippen molar-refractivity contribution >= 4 is 18.0 Å². The van der Waals surface area contributed by atoms with E-state index in [2.05, 4.69) is 17.4 Å². The van der Waals surface area contributed by atoms with Gasteiger partial charge in [0.15, 0.2) is 6.10 Å². The van der Waals surface area contributed by atoms with Gasteiger partial charge in [-0.1, -0.05) is 48.5 Å². The van der Waals surface area contributed by atoms with Crippen molar-refractivity contribution in [2.24, 2.45) is 0 Å². The molecular formula is C26H31N3O6. The molecule has 0 radical (unpaired) electrons. The number of amides is 2. The predicted molar refractivity (Wildman–Crippen MR) is 129 cm³/mol. The fraction of sp³-hybridized carbons (Fsp3) is 0.423. The van der Waals surface area contributed by atoms with Gasteiger partial charge in [-0.3, -0.25) is 9.59 Å². The zero-order valence-electron chi connectivity index (χ0n) is 20.0. The van der Waals surface area contributed by atoms with E-state index in [0.29, 0.717) is 19.6 Å². The van der Waals surface area contributed by atoms with E-state index in [1.54, 1.807) is 0 Å². The first-order chi connectivity index (χ1) is 16.8. The lowest BCUT2D eigenvalue weighted by Crippen LogP contribution is -2.52. The molecule has 1 aliphatic heterocycles. The number of fused-ring (bicyclic) bond motifs is 3. The number of carboxylic acids is 1. The second kappa shape index (κ2) is 10.9. The summed E-state index contributed by atoms with van der Waals surface area (Å²) in [5.41, 5.74) is 4.51. The van der Waals surface area contributed by atoms with Crippen LogP contribution < -0.4 is 5.32 Å². The van der Waals surface area contributed by atoms with Crippen LogP contribution in [-0.2, 0) is 19.1 Å². The highest BCUT2D eigenvalue weighted by Gasteiger charge is 2.39. The molecule has 4 rings (SSSR count). The van der Waals surface area contributed by atoms with Crippen molar-refractivity contribution in [2.45, 2.75) is 24.5 Å². The maximum atomic E-state index is 13.1. The average Bonchev–Trinajstić information content (AvgIpc) is 3.42. The molecule has 2 amide bonds. The highest BCUT2D eigenvalue weighted by Crippen LogP contribution is 2.44. The van der Waals surface area contributed by atoms with Crippen molar-refractivity contribution in [3.8, 4) is 11.1 Å². The molecule has 35 heavy (non-hydrogen) atoms. The minimum atomic E-state index is -1.10. The van der Waals surface area contributed by atoms with Gasteiger partial charge in [-0.25, -0.2) is 4.79 Å². The van der Waals surface area contributed by atoms with Crippen LogP contribution in [0.5, 0.6) is 0 Å². The van der Waals surface area contributed by atoms with Crippen LogP contribution in [0.4, 0.5) is 4.79 Å². The Labute approximate surface area is 204 Å². The van der Waals surface area contributed by atoms with Crippen LogP contribution in [0.3, 0.4) is 0 Å². The third kappa shape index (κ3) is 5.63. The highest BCUT2D eigenvalue weighted by atomic mass is 16.6. The van der Waals surface area contributed by atoms with Gasteiger partial charge in [0.05, 0.1) is 6.04 Å². The van der Waals surface area contributed by atoms with Crippen LogP contribution in [0.1, 0.15) is 23.5 Å². The molecule has 1 saturated heterocycles. The summed E-state index contributed by atoms with van der Waals surface area (Å²) in [5, 5.41) is 12.0. The van der Waals surface area contributed by atoms with E-state index in [0.717, 1.165) is 22.3 Å². The molecule has 2 aromatic carbocycles. The number of carbonyl (C=O) groups is 3. The van der Waals surface area contributed by atoms with E-state index in [9.17, 15) is 19.5 Å². The number of hydrogen-bond acceptors (Lipinski definition) is 6. The molecule has 2 aliphatic rings. The Morgan fingerprint density at radius 3 is 2.26 bits per heavy atom. The number of carboxylic acid groups (broad SMARTS) is 1. The summed E-state index contributed by atoms with van der Waals surface area (Å²) in [4.78, 5) is 40.2. The predicted octanol–water partition coefficient (Wildman–Crippen LogP) is 2.16. The van der Waals surface area contributed by atoms with Crippen molar-refractivity contribution in [1.82, 2.24) is 15.1 Å². The first-order valence-corrected chi connectivity index (χ1v) is 11.7. The highest BCUT2D eigenvalue weighted by molar-refractivity contribution is 5.86. The van der Waals surface area contributed by atoms with Gasteiger partial charge in [0.2, 0.25) is 0 Å². The first-order valence-electron chi connectivity index (χ1n) is 11.7. The van der Waals surface area contributed by atoms with E-state index < -0.39 is 36.7 Å². The van der Waals surface area contributed by atoms with E-state index in [1.165, 1.54) is 4.90 Å². The van der Waals surface area contributed by atoms with Gasteiger partial charge in [0.1, 0.15) is 13.2 Å². The maximum Gasteiger partial charge on any atom is 0.407 e. The van der Waals surface area contributed by atoms with Crippen LogP contribution in [0.25, 0.3) is 11.1 Å². The van der Waals surface area contributed by atoms with Gasteiger partial charge in [-0.05, 0) is 42.8 Å². The number of carbonyl (C=O) groups excluding carboxylic acids is 2. The molecule has 9 nitrogen and oxygen atoms in total. The van der Waals surface area contributed by atoms with Crippen molar-refractivity contribution in [3.05, 3.63) is 59.7 Å². The summed E-state index contributed by atoms with van der Waals surface area (Å²) < 4.78 is 11.2. The third-order valence-corrected chi connectivity index (χ3v) is 6.44. The SMILES string of the molecule is CN(C)CCN(CC(=O)O)C(=O)C1OCCC1NC(=O)OCC1c2ccccc2-c2ccccc21. The monoisotopic (exact) mass is 481 g/mol. The molecule has 0 bridgehead atoms. The number of ether oxygens (including phenoxy) is 2. The molecule has 0 aromatic heterocycles. The molecule has 186 valence electrons. The van der Waals surface area contributed by atoms with Crippen molar-refractivity contribution in [3.63, 3.8) is 0 Å². The molecular weight excluding hydrogens is 450 g/mol. The summed E-state index contributed by atoms with van der Waals surface area (Å²) in [5.74, 6) is -1.62. The number of alkyl carbamates (subject to hydrolysis) is 1. The standard InChI is InChI=1S/C26H31N3O6/c1-28(2)12-13-29(15-23(30)31)25(32)24-22(11-14-34-24)27-26(33)35-16-21-19-9-5-3-7-17(19)18-8-4-6-10-20(18)21/h3-10,21-22,24H,11-16H2,1-2H3,(H,27,33)(H,30,31). The summed E-state index contributed by atoms with van der Waals surface area (Å²) in [6.07, 6.45) is -1.13. The van der Waals surface area contributed by atoms with Crippen molar-refractivity contribution in [1.29, 1.82) is 0 Å². The Morgan fingerprint density at radius 2 is 1.66 bits per heavy atom. The van der Waals surface area contributed by atoms with E-state index >= 15 is 0 Å². The molecule has 2 unspecified atom stereocenters. The van der Waals surface area contributed by atoms with Crippen LogP contribution in [0.15, 0.2) is 48.5 Å². The fourth-order valence-corrected chi connectivity index (χ4v) is 4.70. The Morgan fingerprint density at radius 1 is 1.03 bits per heavy atom. The zero-order chi connectivity index (χ0) is 24.9. The van der Waals surface area contributed by atoms with Gasteiger partial charge < -0.3 is 29.7 Å². The molecule has 0 spiro atoms. The lowest BCUT2D eigenvalue weighted by Gasteiger charge is -2.27. The zero-order valence-corrected chi connectivity index (χ0v) is 20.0. The molecule has 2 atom stereocenters. The second-order valence-electron chi connectivity index (χ2n) is 9.11. The number of likely N-dealkylation sites (N-methyl/N-ethyl adjacent to an activating group) is 1. The molecule has 9 heteroatoms. The summed E-state index contributed by atoms with van der Waals surface area (Å²) in [6.45, 7) is 0.787. The third-order valence-electron chi connectivity index (χ3n) is 6.44. The summed E-state index contributed by atoms with van der Waals surface area (Å²) >= 11 is 0. The van der Waals surface area contributed by atoms with Crippen LogP contribution >= 0.6 is 0 Å². The van der Waals surface area contributed by atoms with E-state index in [-0.39, 0.29) is 19.1 Å². The number of benzene rings is 2. The van der Waals surface area contributed by atoms with Crippen LogP contribution in [0.2, 0.25) is 0 Å². The van der Waals surface area contributed by atoms with Gasteiger partial charge in [-0.15, -0.1) is 0 Å². The van der Waals surface area contributed by atoms with Gasteiger partial charge in [-0.2, -0.15) is 0 Å². The minimum Gasteiger partial charge on any atom is -0.480 e. The van der Waals surface area contributed by atoms with Crippen molar-refractivity contribution < 1.29 is 29.0 Å². The molecule has 0 saturated carbocycles. The molecule has 1 aliphatic carbocycles. The van der Waals surface area contributed by atoms with E-state index in [4.69, 9.17) is 9.47 Å². The number of nitrogens with one attached hydrogen (secondary N) is 1. The Bertz CT molecular complexity index is 1040. The Balaban J connectivity index is 1.38. The van der Waals surface area contributed by atoms with Gasteiger partial charge >= 0.3 is 12.1 Å². The smallest absolute Gasteiger partial charge is 0.407 e.